The van der Waals surface area contributed by atoms with E-state index >= 15 is 0 Å². The molecule has 8 heteroatoms. The average molecular weight is 493 g/mol. The molecule has 2 aromatic carbocycles. The van der Waals surface area contributed by atoms with Crippen LogP contribution in [0.1, 0.15) is 48.0 Å². The van der Waals surface area contributed by atoms with Gasteiger partial charge in [-0.25, -0.2) is 9.18 Å². The SMILES string of the molecule is CCOC(=O)c1cc2c(=O)n(C)cc(-c3cc(C(C)(C)O)ccc3Oc3c(C)cc(F)cc3C)c2[nH]1. The molecular weight excluding hydrogens is 463 g/mol. The molecule has 0 aliphatic heterocycles. The molecule has 4 aromatic rings. The molecule has 0 unspecified atom stereocenters. The summed E-state index contributed by atoms with van der Waals surface area (Å²) < 4.78 is 26.8. The number of nitrogens with zero attached hydrogens (tertiary/aromatic N) is 1. The maximum absolute atomic E-state index is 13.9. The lowest BCUT2D eigenvalue weighted by atomic mass is 9.93. The third-order valence-corrected chi connectivity index (χ3v) is 6.07. The van der Waals surface area contributed by atoms with Crippen LogP contribution in [-0.2, 0) is 17.4 Å². The Balaban J connectivity index is 2.00. The molecule has 36 heavy (non-hydrogen) atoms. The normalized spacial score (nSPS) is 11.7. The summed E-state index contributed by atoms with van der Waals surface area (Å²) in [5.41, 5.74) is 2.19. The third-order valence-electron chi connectivity index (χ3n) is 6.07. The van der Waals surface area contributed by atoms with Gasteiger partial charge in [0, 0.05) is 24.4 Å². The van der Waals surface area contributed by atoms with Crippen molar-refractivity contribution in [3.63, 3.8) is 0 Å². The summed E-state index contributed by atoms with van der Waals surface area (Å²) in [5.74, 6) is 0.0232. The lowest BCUT2D eigenvalue weighted by Crippen LogP contribution is -2.17. The van der Waals surface area contributed by atoms with E-state index in [1.807, 2.05) is 0 Å². The number of nitrogens with one attached hydrogen (secondary N) is 1. The molecule has 0 fully saturated rings. The third kappa shape index (κ3) is 4.64. The summed E-state index contributed by atoms with van der Waals surface area (Å²) in [4.78, 5) is 28.4. The minimum atomic E-state index is -1.15. The quantitative estimate of drug-likeness (QED) is 0.348. The van der Waals surface area contributed by atoms with Gasteiger partial charge in [0.2, 0.25) is 0 Å². The number of carbonyl (C=O) groups is 1. The molecule has 0 spiro atoms. The summed E-state index contributed by atoms with van der Waals surface area (Å²) in [6.07, 6.45) is 1.65. The molecule has 2 heterocycles. The zero-order chi connectivity index (χ0) is 26.4. The highest BCUT2D eigenvalue weighted by Gasteiger charge is 2.23. The van der Waals surface area contributed by atoms with E-state index in [9.17, 15) is 19.1 Å². The van der Waals surface area contributed by atoms with Crippen LogP contribution in [0.15, 0.2) is 47.4 Å². The van der Waals surface area contributed by atoms with Crippen LogP contribution < -0.4 is 10.3 Å². The van der Waals surface area contributed by atoms with Crippen molar-refractivity contribution in [3.05, 3.63) is 81.2 Å². The first kappa shape index (κ1) is 25.2. The lowest BCUT2D eigenvalue weighted by Gasteiger charge is -2.22. The van der Waals surface area contributed by atoms with E-state index < -0.39 is 11.6 Å². The number of carbonyl (C=O) groups excluding carboxylic acids is 1. The Morgan fingerprint density at radius 1 is 1.11 bits per heavy atom. The molecule has 188 valence electrons. The highest BCUT2D eigenvalue weighted by molar-refractivity contribution is 6.00. The second kappa shape index (κ2) is 9.28. The standard InChI is InChI=1S/C28H29FN2O5/c1-7-35-27(33)22-13-20-24(30-22)21(14-31(6)26(20)32)19-12-17(28(4,5)34)8-9-23(19)36-25-15(2)10-18(29)11-16(25)3/h8-14,30,34H,7H2,1-6H3. The first-order chi connectivity index (χ1) is 16.9. The van der Waals surface area contributed by atoms with Gasteiger partial charge in [-0.3, -0.25) is 4.79 Å². The zero-order valence-corrected chi connectivity index (χ0v) is 21.2. The van der Waals surface area contributed by atoms with Gasteiger partial charge in [0.05, 0.1) is 23.1 Å². The van der Waals surface area contributed by atoms with Crippen molar-refractivity contribution in [1.29, 1.82) is 0 Å². The number of aromatic nitrogens is 2. The number of aliphatic hydroxyl groups is 1. The molecule has 0 aliphatic rings. The average Bonchev–Trinajstić information content (AvgIpc) is 3.24. The van der Waals surface area contributed by atoms with Crippen LogP contribution in [0.4, 0.5) is 4.39 Å². The molecular formula is C28H29FN2O5. The Bertz CT molecular complexity index is 1520. The minimum absolute atomic E-state index is 0.155. The van der Waals surface area contributed by atoms with Gasteiger partial charge in [-0.05, 0) is 81.6 Å². The number of fused-ring (bicyclic) bond motifs is 1. The number of pyridine rings is 1. The van der Waals surface area contributed by atoms with Crippen molar-refractivity contribution in [3.8, 4) is 22.6 Å². The smallest absolute Gasteiger partial charge is 0.354 e. The van der Waals surface area contributed by atoms with Crippen molar-refractivity contribution in [1.82, 2.24) is 9.55 Å². The second-order valence-electron chi connectivity index (χ2n) is 9.39. The first-order valence-corrected chi connectivity index (χ1v) is 11.6. The van der Waals surface area contributed by atoms with Gasteiger partial charge in [-0.2, -0.15) is 0 Å². The van der Waals surface area contributed by atoms with Crippen LogP contribution >= 0.6 is 0 Å². The second-order valence-corrected chi connectivity index (χ2v) is 9.39. The van der Waals surface area contributed by atoms with E-state index in [2.05, 4.69) is 4.98 Å². The van der Waals surface area contributed by atoms with E-state index in [0.29, 0.717) is 50.2 Å². The molecule has 4 rings (SSSR count). The van der Waals surface area contributed by atoms with E-state index in [1.165, 1.54) is 22.8 Å². The van der Waals surface area contributed by atoms with Gasteiger partial charge >= 0.3 is 5.97 Å². The highest BCUT2D eigenvalue weighted by atomic mass is 19.1. The first-order valence-electron chi connectivity index (χ1n) is 11.6. The predicted molar refractivity (Wildman–Crippen MR) is 136 cm³/mol. The van der Waals surface area contributed by atoms with Gasteiger partial charge in [-0.1, -0.05) is 6.07 Å². The Hall–Kier alpha value is -3.91. The summed E-state index contributed by atoms with van der Waals surface area (Å²) in [5, 5.41) is 11.0. The zero-order valence-electron chi connectivity index (χ0n) is 21.2. The predicted octanol–water partition coefficient (Wildman–Crippen LogP) is 5.49. The number of aromatic amines is 1. The molecule has 0 atom stereocenters. The fraction of sp³-hybridized carbons (Fsp3) is 0.286. The Labute approximate surface area is 208 Å². The molecule has 0 aliphatic carbocycles. The molecule has 0 saturated carbocycles. The van der Waals surface area contributed by atoms with Gasteiger partial charge < -0.3 is 24.1 Å². The van der Waals surface area contributed by atoms with Crippen molar-refractivity contribution in [2.45, 2.75) is 40.2 Å². The summed E-state index contributed by atoms with van der Waals surface area (Å²) in [6, 6.07) is 9.55. The topological polar surface area (TPSA) is 93.6 Å². The number of aryl methyl sites for hydroxylation is 3. The highest BCUT2D eigenvalue weighted by Crippen LogP contribution is 2.40. The fourth-order valence-electron chi connectivity index (χ4n) is 4.24. The maximum Gasteiger partial charge on any atom is 0.354 e. The van der Waals surface area contributed by atoms with Gasteiger partial charge in [-0.15, -0.1) is 0 Å². The number of hydrogen-bond donors (Lipinski definition) is 2. The van der Waals surface area contributed by atoms with Crippen molar-refractivity contribution >= 4 is 16.9 Å². The maximum atomic E-state index is 13.9. The number of ether oxygens (including phenoxy) is 2. The fourth-order valence-corrected chi connectivity index (χ4v) is 4.24. The lowest BCUT2D eigenvalue weighted by molar-refractivity contribution is 0.0520. The summed E-state index contributed by atoms with van der Waals surface area (Å²) in [7, 11) is 1.62. The number of rotatable bonds is 6. The molecule has 7 nitrogen and oxygen atoms in total. The molecule has 0 saturated heterocycles. The minimum Gasteiger partial charge on any atom is -0.461 e. The Kier molecular flexibility index (Phi) is 6.49. The van der Waals surface area contributed by atoms with E-state index in [1.54, 1.807) is 66.1 Å². The van der Waals surface area contributed by atoms with Crippen molar-refractivity contribution < 1.29 is 23.8 Å². The number of halogens is 1. The Morgan fingerprint density at radius 2 is 1.78 bits per heavy atom. The van der Waals surface area contributed by atoms with E-state index in [-0.39, 0.29) is 23.7 Å². The van der Waals surface area contributed by atoms with Gasteiger partial charge in [0.1, 0.15) is 23.0 Å². The van der Waals surface area contributed by atoms with Crippen LogP contribution in [0.2, 0.25) is 0 Å². The van der Waals surface area contributed by atoms with Gasteiger partial charge in [0.15, 0.2) is 0 Å². The van der Waals surface area contributed by atoms with Crippen LogP contribution in [0.3, 0.4) is 0 Å². The molecule has 0 bridgehead atoms. The number of esters is 1. The summed E-state index contributed by atoms with van der Waals surface area (Å²) in [6.45, 7) is 8.77. The van der Waals surface area contributed by atoms with Crippen LogP contribution in [0, 0.1) is 19.7 Å². The molecule has 2 N–H and O–H groups in total. The monoisotopic (exact) mass is 492 g/mol. The molecule has 2 aromatic heterocycles. The van der Waals surface area contributed by atoms with Gasteiger partial charge in [0.25, 0.3) is 5.56 Å². The van der Waals surface area contributed by atoms with Crippen molar-refractivity contribution in [2.75, 3.05) is 6.61 Å². The van der Waals surface area contributed by atoms with Crippen LogP contribution in [-0.4, -0.2) is 27.2 Å². The Morgan fingerprint density at radius 3 is 2.39 bits per heavy atom. The van der Waals surface area contributed by atoms with E-state index in [4.69, 9.17) is 9.47 Å². The number of hydrogen-bond acceptors (Lipinski definition) is 5. The van der Waals surface area contributed by atoms with Crippen LogP contribution in [0.25, 0.3) is 22.0 Å². The van der Waals surface area contributed by atoms with Crippen molar-refractivity contribution in [2.24, 2.45) is 7.05 Å². The summed E-state index contributed by atoms with van der Waals surface area (Å²) >= 11 is 0. The van der Waals surface area contributed by atoms with E-state index in [0.717, 1.165) is 0 Å². The molecule has 0 radical (unpaired) electrons. The van der Waals surface area contributed by atoms with Crippen LogP contribution in [0.5, 0.6) is 11.5 Å². The largest absolute Gasteiger partial charge is 0.461 e. The number of benzene rings is 2. The number of H-pyrrole nitrogens is 1. The molecule has 0 amide bonds.